The molecule has 9 aromatic carbocycles. The summed E-state index contributed by atoms with van der Waals surface area (Å²) in [6.45, 7) is 0. The highest BCUT2D eigenvalue weighted by molar-refractivity contribution is 6.10. The number of para-hydroxylation sites is 4. The van der Waals surface area contributed by atoms with Gasteiger partial charge in [-0.15, -0.1) is 0 Å². The topological polar surface area (TPSA) is 9.86 Å². The summed E-state index contributed by atoms with van der Waals surface area (Å²) in [5, 5.41) is 5.07. The predicted octanol–water partition coefficient (Wildman–Crippen LogP) is 14.5. The summed E-state index contributed by atoms with van der Waals surface area (Å²) in [5.74, 6) is 0. The lowest BCUT2D eigenvalue weighted by molar-refractivity contribution is 1.18. The summed E-state index contributed by atoms with van der Waals surface area (Å²) in [6.07, 6.45) is 0. The van der Waals surface area contributed by atoms with Gasteiger partial charge in [-0.25, -0.2) is 0 Å². The summed E-state index contributed by atoms with van der Waals surface area (Å²) in [5.41, 5.74) is 16.6. The molecule has 0 amide bonds. The molecule has 56 heavy (non-hydrogen) atoms. The van der Waals surface area contributed by atoms with Gasteiger partial charge in [-0.05, 0) is 117 Å². The molecule has 0 aliphatic carbocycles. The first-order valence-corrected chi connectivity index (χ1v) is 19.3. The van der Waals surface area contributed by atoms with Crippen LogP contribution in [-0.2, 0) is 0 Å². The molecule has 0 atom stereocenters. The smallest absolute Gasteiger partial charge is 0.0541 e. The van der Waals surface area contributed by atoms with E-state index in [9.17, 15) is 0 Å². The van der Waals surface area contributed by atoms with E-state index in [-0.39, 0.29) is 0 Å². The van der Waals surface area contributed by atoms with Gasteiger partial charge in [0.2, 0.25) is 0 Å². The van der Waals surface area contributed by atoms with Gasteiger partial charge in [0, 0.05) is 32.9 Å². The third-order valence-corrected chi connectivity index (χ3v) is 11.3. The van der Waals surface area contributed by atoms with Gasteiger partial charge in [-0.3, -0.25) is 0 Å². The highest BCUT2D eigenvalue weighted by Gasteiger charge is 2.15. The zero-order valence-electron chi connectivity index (χ0n) is 30.7. The van der Waals surface area contributed by atoms with Gasteiger partial charge in [0.05, 0.1) is 22.1 Å². The Hall–Kier alpha value is -7.42. The molecule has 2 heterocycles. The average Bonchev–Trinajstić information content (AvgIpc) is 3.80. The highest BCUT2D eigenvalue weighted by Crippen LogP contribution is 2.38. The minimum Gasteiger partial charge on any atom is -0.309 e. The Bertz CT molecular complexity index is 3150. The molecule has 0 aliphatic heterocycles. The van der Waals surface area contributed by atoms with Crippen LogP contribution in [-0.4, -0.2) is 9.13 Å². The van der Waals surface area contributed by atoms with Crippen molar-refractivity contribution in [2.45, 2.75) is 0 Å². The van der Waals surface area contributed by atoms with Crippen molar-refractivity contribution in [3.05, 3.63) is 218 Å². The molecule has 0 N–H and O–H groups in total. The van der Waals surface area contributed by atoms with E-state index in [1.54, 1.807) is 0 Å². The number of benzene rings is 9. The Labute approximate surface area is 325 Å². The summed E-state index contributed by atoms with van der Waals surface area (Å²) in [6, 6.07) is 79.5. The second kappa shape index (κ2) is 13.2. The molecule has 0 bridgehead atoms. The molecule has 2 aromatic heterocycles. The maximum atomic E-state index is 2.40. The normalized spacial score (nSPS) is 11.6. The number of nitrogens with zero attached hydrogens (tertiary/aromatic N) is 2. The van der Waals surface area contributed by atoms with Crippen molar-refractivity contribution in [1.82, 2.24) is 9.13 Å². The zero-order valence-corrected chi connectivity index (χ0v) is 30.7. The van der Waals surface area contributed by atoms with Crippen LogP contribution in [0.2, 0.25) is 0 Å². The van der Waals surface area contributed by atoms with Crippen LogP contribution in [0.3, 0.4) is 0 Å². The molecule has 0 spiro atoms. The van der Waals surface area contributed by atoms with Gasteiger partial charge in [0.1, 0.15) is 0 Å². The van der Waals surface area contributed by atoms with E-state index in [1.807, 2.05) is 0 Å². The molecule has 0 saturated heterocycles. The van der Waals surface area contributed by atoms with E-state index >= 15 is 0 Å². The minimum atomic E-state index is 1.15. The number of hydrogen-bond acceptors (Lipinski definition) is 0. The van der Waals surface area contributed by atoms with Crippen molar-refractivity contribution in [2.75, 3.05) is 0 Å². The molecule has 0 saturated carbocycles. The van der Waals surface area contributed by atoms with Gasteiger partial charge in [-0.2, -0.15) is 0 Å². The Morgan fingerprint density at radius 3 is 0.929 bits per heavy atom. The molecule has 0 aliphatic rings. The van der Waals surface area contributed by atoms with Gasteiger partial charge >= 0.3 is 0 Å². The summed E-state index contributed by atoms with van der Waals surface area (Å²) < 4.78 is 4.79. The third-order valence-electron chi connectivity index (χ3n) is 11.3. The molecule has 11 rings (SSSR count). The van der Waals surface area contributed by atoms with Crippen LogP contribution in [0.15, 0.2) is 218 Å². The van der Waals surface area contributed by atoms with Crippen molar-refractivity contribution >= 4 is 43.6 Å². The fourth-order valence-corrected chi connectivity index (χ4v) is 8.69. The van der Waals surface area contributed by atoms with Crippen LogP contribution >= 0.6 is 0 Å². The lowest BCUT2D eigenvalue weighted by atomic mass is 9.92. The number of hydrogen-bond donors (Lipinski definition) is 0. The van der Waals surface area contributed by atoms with Crippen LogP contribution < -0.4 is 0 Å². The molecule has 2 heteroatoms. The lowest BCUT2D eigenvalue weighted by Gasteiger charge is -2.14. The van der Waals surface area contributed by atoms with Crippen LogP contribution in [0.4, 0.5) is 0 Å². The molecule has 11 aromatic rings. The number of fused-ring (bicyclic) bond motifs is 6. The van der Waals surface area contributed by atoms with Crippen molar-refractivity contribution in [1.29, 1.82) is 0 Å². The molecule has 262 valence electrons. The van der Waals surface area contributed by atoms with E-state index in [1.165, 1.54) is 88.1 Å². The maximum absolute atomic E-state index is 2.40. The van der Waals surface area contributed by atoms with Crippen molar-refractivity contribution in [2.24, 2.45) is 0 Å². The second-order valence-corrected chi connectivity index (χ2v) is 14.6. The Kier molecular flexibility index (Phi) is 7.53. The summed E-state index contributed by atoms with van der Waals surface area (Å²) >= 11 is 0. The molecule has 2 nitrogen and oxygen atoms in total. The van der Waals surface area contributed by atoms with Crippen molar-refractivity contribution in [3.63, 3.8) is 0 Å². The van der Waals surface area contributed by atoms with Gasteiger partial charge in [0.15, 0.2) is 0 Å². The van der Waals surface area contributed by atoms with Crippen LogP contribution in [0.25, 0.3) is 99.5 Å². The van der Waals surface area contributed by atoms with Crippen molar-refractivity contribution in [3.8, 4) is 55.9 Å². The van der Waals surface area contributed by atoms with Crippen LogP contribution in [0.5, 0.6) is 0 Å². The van der Waals surface area contributed by atoms with Gasteiger partial charge < -0.3 is 9.13 Å². The molecular formula is C54H36N2. The Morgan fingerprint density at radius 1 is 0.196 bits per heavy atom. The van der Waals surface area contributed by atoms with Gasteiger partial charge in [0.25, 0.3) is 0 Å². The standard InChI is InChI=1S/C54H36N2/c1-2-15-37(16-3-1)42-32-43(34-44(33-42)41-20-14-22-46(36-41)56-53-29-10-6-25-49(53)50-26-7-11-30-54(50)56)39-18-12-17-38(31-39)40-19-13-21-45(35-40)55-51-27-8-4-23-47(51)48-24-5-9-28-52(48)55/h1-36H. The molecule has 0 fully saturated rings. The van der Waals surface area contributed by atoms with E-state index in [4.69, 9.17) is 0 Å². The van der Waals surface area contributed by atoms with Crippen LogP contribution in [0.1, 0.15) is 0 Å². The van der Waals surface area contributed by atoms with Crippen LogP contribution in [0, 0.1) is 0 Å². The first kappa shape index (κ1) is 32.0. The van der Waals surface area contributed by atoms with E-state index in [0.29, 0.717) is 0 Å². The quantitative estimate of drug-likeness (QED) is 0.162. The fraction of sp³-hybridized carbons (Fsp3) is 0. The number of rotatable bonds is 6. The number of aromatic nitrogens is 2. The molecule has 0 unspecified atom stereocenters. The Morgan fingerprint density at radius 2 is 0.482 bits per heavy atom. The largest absolute Gasteiger partial charge is 0.309 e. The zero-order chi connectivity index (χ0) is 37.0. The summed E-state index contributed by atoms with van der Waals surface area (Å²) in [7, 11) is 0. The lowest BCUT2D eigenvalue weighted by Crippen LogP contribution is -1.94. The first-order valence-electron chi connectivity index (χ1n) is 19.3. The monoisotopic (exact) mass is 712 g/mol. The first-order chi connectivity index (χ1) is 27.8. The third kappa shape index (κ3) is 5.34. The predicted molar refractivity (Wildman–Crippen MR) is 237 cm³/mol. The Balaban J connectivity index is 1.03. The maximum Gasteiger partial charge on any atom is 0.0541 e. The second-order valence-electron chi connectivity index (χ2n) is 14.6. The highest BCUT2D eigenvalue weighted by atomic mass is 15.0. The van der Waals surface area contributed by atoms with Crippen molar-refractivity contribution < 1.29 is 0 Å². The van der Waals surface area contributed by atoms with Gasteiger partial charge in [-0.1, -0.05) is 146 Å². The van der Waals surface area contributed by atoms with E-state index in [0.717, 1.165) is 11.4 Å². The van der Waals surface area contributed by atoms with E-state index < -0.39 is 0 Å². The molecular weight excluding hydrogens is 677 g/mol. The fourth-order valence-electron chi connectivity index (χ4n) is 8.69. The summed E-state index contributed by atoms with van der Waals surface area (Å²) in [4.78, 5) is 0. The average molecular weight is 713 g/mol. The SMILES string of the molecule is c1ccc(-c2cc(-c3cccc(-c4cccc(-n5c6ccccc6c6ccccc65)c4)c3)cc(-c3cccc(-n4c5ccccc5c5ccccc54)c3)c2)cc1. The minimum absolute atomic E-state index is 1.15. The van der Waals surface area contributed by atoms with E-state index in [2.05, 4.69) is 228 Å². The molecule has 0 radical (unpaired) electrons.